The zero-order valence-electron chi connectivity index (χ0n) is 16.6. The molecule has 4 rings (SSSR count). The fourth-order valence-electron chi connectivity index (χ4n) is 5.09. The molecule has 0 aromatic rings. The highest BCUT2D eigenvalue weighted by Gasteiger charge is 2.74. The number of aliphatic hydroxyl groups is 1. The zero-order valence-corrected chi connectivity index (χ0v) is 17.6. The molecule has 5 nitrogen and oxygen atoms in total. The van der Waals surface area contributed by atoms with E-state index in [1.807, 2.05) is 6.92 Å². The fourth-order valence-corrected chi connectivity index (χ4v) is 5.80. The molecule has 0 aromatic carbocycles. The first-order chi connectivity index (χ1) is 12.0. The highest BCUT2D eigenvalue weighted by atomic mass is 28.3. The fraction of sp³-hybridized carbons (Fsp3) is 0.800. The maximum Gasteiger partial charge on any atom is 0.333 e. The van der Waals surface area contributed by atoms with Crippen LogP contribution in [0.1, 0.15) is 39.5 Å². The Balaban J connectivity index is 1.60. The zero-order chi connectivity index (χ0) is 19.3. The van der Waals surface area contributed by atoms with Crippen LogP contribution in [-0.2, 0) is 19.1 Å². The molecule has 1 heterocycles. The monoisotopic (exact) mass is 380 g/mol. The lowest BCUT2D eigenvalue weighted by atomic mass is 9.43. The molecule has 0 amide bonds. The Morgan fingerprint density at radius 3 is 2.77 bits per heavy atom. The molecule has 4 aliphatic rings. The van der Waals surface area contributed by atoms with E-state index in [9.17, 15) is 14.7 Å². The third kappa shape index (κ3) is 3.26. The number of esters is 2. The van der Waals surface area contributed by atoms with Crippen LogP contribution in [0.25, 0.3) is 0 Å². The summed E-state index contributed by atoms with van der Waals surface area (Å²) >= 11 is 0. The maximum atomic E-state index is 12.6. The Kier molecular flexibility index (Phi) is 4.89. The number of hydrogen-bond donors (Lipinski definition) is 1. The number of hydrogen-bond acceptors (Lipinski definition) is 5. The summed E-state index contributed by atoms with van der Waals surface area (Å²) in [7, 11) is -1.25. The third-order valence-corrected chi connectivity index (χ3v) is 8.40. The average Bonchev–Trinajstić information content (AvgIpc) is 2.59. The highest BCUT2D eigenvalue weighted by Crippen LogP contribution is 2.70. The van der Waals surface area contributed by atoms with Gasteiger partial charge in [0.1, 0.15) is 5.60 Å². The summed E-state index contributed by atoms with van der Waals surface area (Å²) in [5.74, 6) is -0.0232. The summed E-state index contributed by atoms with van der Waals surface area (Å²) in [5.41, 5.74) is -0.506. The van der Waals surface area contributed by atoms with Gasteiger partial charge in [0.15, 0.2) is 0 Å². The van der Waals surface area contributed by atoms with E-state index in [0.29, 0.717) is 24.5 Å². The second-order valence-corrected chi connectivity index (χ2v) is 15.5. The van der Waals surface area contributed by atoms with Crippen molar-refractivity contribution in [3.8, 4) is 0 Å². The number of rotatable bonds is 7. The lowest BCUT2D eigenvalue weighted by Gasteiger charge is -2.57. The molecule has 4 fully saturated rings. The normalized spacial score (nSPS) is 37.0. The second-order valence-electron chi connectivity index (χ2n) is 9.83. The predicted octanol–water partition coefficient (Wildman–Crippen LogP) is 3.30. The van der Waals surface area contributed by atoms with Gasteiger partial charge in [0.05, 0.1) is 18.1 Å². The van der Waals surface area contributed by atoms with Crippen molar-refractivity contribution >= 4 is 20.0 Å². The lowest BCUT2D eigenvalue weighted by molar-refractivity contribution is -0.157. The van der Waals surface area contributed by atoms with Crippen molar-refractivity contribution in [1.29, 1.82) is 0 Å². The third-order valence-electron chi connectivity index (χ3n) is 6.70. The van der Waals surface area contributed by atoms with Gasteiger partial charge in [-0.2, -0.15) is 0 Å². The molecule has 1 N–H and O–H groups in total. The van der Waals surface area contributed by atoms with Gasteiger partial charge in [0, 0.05) is 19.6 Å². The minimum absolute atomic E-state index is 0.151. The van der Waals surface area contributed by atoms with E-state index >= 15 is 0 Å². The van der Waals surface area contributed by atoms with Crippen molar-refractivity contribution in [2.24, 2.45) is 17.3 Å². The van der Waals surface area contributed by atoms with Crippen LogP contribution in [-0.4, -0.2) is 43.4 Å². The second kappa shape index (κ2) is 6.48. The molecular formula is C20H32O5Si. The van der Waals surface area contributed by atoms with Gasteiger partial charge >= 0.3 is 11.9 Å². The molecule has 1 aliphatic heterocycles. The Bertz CT molecular complexity index is 635. The summed E-state index contributed by atoms with van der Waals surface area (Å²) in [4.78, 5) is 24.7. The summed E-state index contributed by atoms with van der Waals surface area (Å²) in [5, 5.41) is 10.5. The number of fused-ring (bicyclic) bond motifs is 1. The van der Waals surface area contributed by atoms with E-state index in [0.717, 1.165) is 25.3 Å². The van der Waals surface area contributed by atoms with E-state index in [2.05, 4.69) is 19.6 Å². The SMILES string of the molecule is C/C(=C\C(O)C[C@]12C(=O)O[C@]3(C)CC[C@H]1C[C@H]23)C(=O)OCC[Si](C)(C)C. The predicted molar refractivity (Wildman–Crippen MR) is 101 cm³/mol. The van der Waals surface area contributed by atoms with E-state index < -0.39 is 19.6 Å². The van der Waals surface area contributed by atoms with Crippen LogP contribution in [0.4, 0.5) is 0 Å². The molecule has 26 heavy (non-hydrogen) atoms. The molecule has 4 bridgehead atoms. The van der Waals surface area contributed by atoms with Crippen LogP contribution < -0.4 is 0 Å². The van der Waals surface area contributed by atoms with Gasteiger partial charge in [-0.15, -0.1) is 0 Å². The molecule has 0 aromatic heterocycles. The van der Waals surface area contributed by atoms with Crippen LogP contribution in [0.15, 0.2) is 11.6 Å². The first-order valence-corrected chi connectivity index (χ1v) is 13.5. The Labute approximate surface area is 157 Å². The Morgan fingerprint density at radius 1 is 1.46 bits per heavy atom. The van der Waals surface area contributed by atoms with Crippen molar-refractivity contribution < 1.29 is 24.2 Å². The van der Waals surface area contributed by atoms with Crippen molar-refractivity contribution in [3.05, 3.63) is 11.6 Å². The average molecular weight is 381 g/mol. The van der Waals surface area contributed by atoms with Crippen molar-refractivity contribution in [2.45, 2.75) is 76.9 Å². The highest BCUT2D eigenvalue weighted by molar-refractivity contribution is 6.76. The largest absolute Gasteiger partial charge is 0.463 e. The van der Waals surface area contributed by atoms with E-state index in [-0.39, 0.29) is 23.5 Å². The van der Waals surface area contributed by atoms with Crippen molar-refractivity contribution in [3.63, 3.8) is 0 Å². The Hall–Kier alpha value is -1.14. The van der Waals surface area contributed by atoms with Gasteiger partial charge < -0.3 is 14.6 Å². The minimum atomic E-state index is -1.25. The van der Waals surface area contributed by atoms with Crippen LogP contribution in [0.5, 0.6) is 0 Å². The summed E-state index contributed by atoms with van der Waals surface area (Å²) in [6.45, 7) is 10.8. The quantitative estimate of drug-likeness (QED) is 0.417. The van der Waals surface area contributed by atoms with Gasteiger partial charge in [-0.25, -0.2) is 4.79 Å². The lowest BCUT2D eigenvalue weighted by Crippen LogP contribution is -2.59. The van der Waals surface area contributed by atoms with Gasteiger partial charge in [-0.1, -0.05) is 19.6 Å². The number of aliphatic hydroxyl groups excluding tert-OH is 1. The maximum absolute atomic E-state index is 12.6. The molecule has 6 heteroatoms. The molecule has 0 spiro atoms. The van der Waals surface area contributed by atoms with Gasteiger partial charge in [0.2, 0.25) is 0 Å². The summed E-state index contributed by atoms with van der Waals surface area (Å²) in [6.07, 6.45) is 3.96. The van der Waals surface area contributed by atoms with Crippen molar-refractivity contribution in [1.82, 2.24) is 0 Å². The van der Waals surface area contributed by atoms with Crippen molar-refractivity contribution in [2.75, 3.05) is 6.61 Å². The smallest absolute Gasteiger partial charge is 0.333 e. The van der Waals surface area contributed by atoms with Crippen LogP contribution in [0.2, 0.25) is 25.7 Å². The van der Waals surface area contributed by atoms with E-state index in [4.69, 9.17) is 9.47 Å². The topological polar surface area (TPSA) is 72.8 Å². The molecule has 1 saturated heterocycles. The van der Waals surface area contributed by atoms with Gasteiger partial charge in [-0.05, 0) is 57.6 Å². The van der Waals surface area contributed by atoms with Crippen LogP contribution in [0, 0.1) is 17.3 Å². The standard InChI is InChI=1S/C20H32O5Si/c1-13(17(22)24-8-9-26(3,4)5)10-15(21)12-20-14-6-7-19(2,16(20)11-14)25-18(20)23/h10,14-16,21H,6-9,11-12H2,1-5H3/b13-10+/t14-,15?,16-,19+,20-/m0/s1. The molecule has 146 valence electrons. The Morgan fingerprint density at radius 2 is 2.15 bits per heavy atom. The van der Waals surface area contributed by atoms with Gasteiger partial charge in [-0.3, -0.25) is 4.79 Å². The number of carbonyl (C=O) groups is 2. The number of ether oxygens (including phenoxy) is 2. The molecule has 3 aliphatic carbocycles. The minimum Gasteiger partial charge on any atom is -0.463 e. The van der Waals surface area contributed by atoms with E-state index in [1.165, 1.54) is 0 Å². The van der Waals surface area contributed by atoms with Crippen LogP contribution in [0.3, 0.4) is 0 Å². The first-order valence-electron chi connectivity index (χ1n) is 9.75. The molecular weight excluding hydrogens is 348 g/mol. The van der Waals surface area contributed by atoms with Gasteiger partial charge in [0.25, 0.3) is 0 Å². The summed E-state index contributed by atoms with van der Waals surface area (Å²) < 4.78 is 11.0. The van der Waals surface area contributed by atoms with E-state index in [1.54, 1.807) is 13.0 Å². The summed E-state index contributed by atoms with van der Waals surface area (Å²) in [6, 6.07) is 0.922. The molecule has 0 radical (unpaired) electrons. The molecule has 5 atom stereocenters. The first kappa shape index (κ1) is 19.6. The molecule has 3 saturated carbocycles. The number of carbonyl (C=O) groups excluding carboxylic acids is 2. The van der Waals surface area contributed by atoms with Crippen LogP contribution >= 0.6 is 0 Å². The molecule has 1 unspecified atom stereocenters.